The van der Waals surface area contributed by atoms with Crippen molar-refractivity contribution in [1.29, 1.82) is 5.26 Å². The van der Waals surface area contributed by atoms with Gasteiger partial charge in [-0.1, -0.05) is 30.3 Å². The monoisotopic (exact) mass is 462 g/mol. The predicted octanol–water partition coefficient (Wildman–Crippen LogP) is 6.92. The van der Waals surface area contributed by atoms with Gasteiger partial charge < -0.3 is 4.74 Å². The van der Waals surface area contributed by atoms with Crippen LogP contribution in [0.1, 0.15) is 23.1 Å². The zero-order valence-electron chi connectivity index (χ0n) is 18.9. The van der Waals surface area contributed by atoms with Gasteiger partial charge in [-0.25, -0.2) is 9.67 Å². The molecule has 34 heavy (non-hydrogen) atoms. The SMILES string of the molecule is CCOc1ccc(-c2nn(-c3ccccc3)cc2/C=C(/C#N)c2nc3ccccc3s2)cc1C. The molecule has 2 aromatic heterocycles. The number of hydrogen-bond acceptors (Lipinski definition) is 5. The molecular weight excluding hydrogens is 440 g/mol. The second-order valence-corrected chi connectivity index (χ2v) is 8.81. The standard InChI is InChI=1S/C28H22N4OS/c1-3-33-25-14-13-20(15-19(25)2)27-22(18-32(31-27)23-9-5-4-6-10-23)16-21(17-29)28-30-24-11-7-8-12-26(24)34-28/h4-16,18H,3H2,1-2H3/b21-16-. The van der Waals surface area contributed by atoms with E-state index >= 15 is 0 Å². The van der Waals surface area contributed by atoms with Crippen molar-refractivity contribution in [3.63, 3.8) is 0 Å². The van der Waals surface area contributed by atoms with Crippen LogP contribution in [-0.4, -0.2) is 21.4 Å². The molecule has 5 nitrogen and oxygen atoms in total. The Bertz CT molecular complexity index is 1510. The lowest BCUT2D eigenvalue weighted by molar-refractivity contribution is 0.338. The third-order valence-electron chi connectivity index (χ3n) is 5.46. The highest BCUT2D eigenvalue weighted by Crippen LogP contribution is 2.32. The lowest BCUT2D eigenvalue weighted by Crippen LogP contribution is -1.95. The summed E-state index contributed by atoms with van der Waals surface area (Å²) < 4.78 is 8.62. The van der Waals surface area contributed by atoms with Gasteiger partial charge in [0.1, 0.15) is 22.5 Å². The summed E-state index contributed by atoms with van der Waals surface area (Å²) in [6.07, 6.45) is 3.84. The second kappa shape index (κ2) is 9.34. The third kappa shape index (κ3) is 4.21. The number of ether oxygens (including phenoxy) is 1. The molecule has 0 saturated carbocycles. The highest BCUT2D eigenvalue weighted by Gasteiger charge is 2.15. The molecule has 0 atom stereocenters. The van der Waals surface area contributed by atoms with Gasteiger partial charge in [-0.15, -0.1) is 11.3 Å². The summed E-state index contributed by atoms with van der Waals surface area (Å²) >= 11 is 1.52. The molecule has 0 bridgehead atoms. The van der Waals surface area contributed by atoms with Gasteiger partial charge in [-0.2, -0.15) is 10.4 Å². The average Bonchev–Trinajstić information content (AvgIpc) is 3.49. The van der Waals surface area contributed by atoms with Crippen LogP contribution in [-0.2, 0) is 0 Å². The molecule has 0 N–H and O–H groups in total. The molecule has 0 aliphatic carbocycles. The molecule has 2 heterocycles. The lowest BCUT2D eigenvalue weighted by atomic mass is 10.0. The minimum absolute atomic E-state index is 0.512. The van der Waals surface area contributed by atoms with E-state index < -0.39 is 0 Å². The summed E-state index contributed by atoms with van der Waals surface area (Å²) in [4.78, 5) is 4.68. The van der Waals surface area contributed by atoms with Crippen molar-refractivity contribution < 1.29 is 4.74 Å². The zero-order valence-corrected chi connectivity index (χ0v) is 19.7. The predicted molar refractivity (Wildman–Crippen MR) is 138 cm³/mol. The molecule has 5 aromatic rings. The van der Waals surface area contributed by atoms with Crippen molar-refractivity contribution in [3.8, 4) is 28.8 Å². The Labute approximate surface area is 202 Å². The Hall–Kier alpha value is -4.21. The Morgan fingerprint density at radius 2 is 1.88 bits per heavy atom. The number of para-hydroxylation sites is 2. The van der Waals surface area contributed by atoms with Gasteiger partial charge in [0, 0.05) is 17.3 Å². The summed E-state index contributed by atoms with van der Waals surface area (Å²) in [5, 5.41) is 15.6. The average molecular weight is 463 g/mol. The molecule has 0 amide bonds. The molecular formula is C28H22N4OS. The van der Waals surface area contributed by atoms with E-state index in [1.807, 2.05) is 97.5 Å². The van der Waals surface area contributed by atoms with Crippen LogP contribution in [0.2, 0.25) is 0 Å². The Balaban J connectivity index is 1.65. The summed E-state index contributed by atoms with van der Waals surface area (Å²) in [5.74, 6) is 0.859. The van der Waals surface area contributed by atoms with E-state index in [4.69, 9.17) is 9.84 Å². The van der Waals surface area contributed by atoms with Crippen molar-refractivity contribution in [2.24, 2.45) is 0 Å². The first kappa shape index (κ1) is 21.6. The van der Waals surface area contributed by atoms with Gasteiger partial charge in [0.2, 0.25) is 0 Å². The molecule has 6 heteroatoms. The van der Waals surface area contributed by atoms with Crippen LogP contribution in [0.25, 0.3) is 38.8 Å². The number of thiazole rings is 1. The fourth-order valence-corrected chi connectivity index (χ4v) is 4.76. The molecule has 0 radical (unpaired) electrons. The van der Waals surface area contributed by atoms with Crippen LogP contribution in [0, 0.1) is 18.3 Å². The number of fused-ring (bicyclic) bond motifs is 1. The highest BCUT2D eigenvalue weighted by atomic mass is 32.1. The maximum atomic E-state index is 10.00. The molecule has 0 aliphatic rings. The van der Waals surface area contributed by atoms with Crippen molar-refractivity contribution in [2.75, 3.05) is 6.61 Å². The second-order valence-electron chi connectivity index (χ2n) is 7.78. The van der Waals surface area contributed by atoms with Gasteiger partial charge >= 0.3 is 0 Å². The maximum Gasteiger partial charge on any atom is 0.135 e. The number of nitrogens with zero attached hydrogens (tertiary/aromatic N) is 4. The number of aromatic nitrogens is 3. The van der Waals surface area contributed by atoms with Gasteiger partial charge in [0.25, 0.3) is 0 Å². The van der Waals surface area contributed by atoms with E-state index in [-0.39, 0.29) is 0 Å². The number of rotatable bonds is 6. The highest BCUT2D eigenvalue weighted by molar-refractivity contribution is 7.19. The third-order valence-corrected chi connectivity index (χ3v) is 6.53. The fraction of sp³-hybridized carbons (Fsp3) is 0.107. The van der Waals surface area contributed by atoms with Crippen LogP contribution in [0.5, 0.6) is 5.75 Å². The van der Waals surface area contributed by atoms with Crippen LogP contribution in [0.4, 0.5) is 0 Å². The number of hydrogen-bond donors (Lipinski definition) is 0. The van der Waals surface area contributed by atoms with E-state index in [9.17, 15) is 5.26 Å². The first-order valence-electron chi connectivity index (χ1n) is 11.0. The van der Waals surface area contributed by atoms with Gasteiger partial charge in [-0.3, -0.25) is 0 Å². The lowest BCUT2D eigenvalue weighted by Gasteiger charge is -2.08. The molecule has 0 fully saturated rings. The van der Waals surface area contributed by atoms with E-state index in [2.05, 4.69) is 17.1 Å². The summed E-state index contributed by atoms with van der Waals surface area (Å²) in [5.41, 5.74) is 6.00. The van der Waals surface area contributed by atoms with Gasteiger partial charge in [0.15, 0.2) is 0 Å². The molecule has 0 unspecified atom stereocenters. The quantitative estimate of drug-likeness (QED) is 0.257. The Morgan fingerprint density at radius 1 is 1.09 bits per heavy atom. The Morgan fingerprint density at radius 3 is 2.62 bits per heavy atom. The summed E-state index contributed by atoms with van der Waals surface area (Å²) in [6, 6.07) is 26.3. The van der Waals surface area contributed by atoms with Gasteiger partial charge in [0.05, 0.1) is 28.1 Å². The maximum absolute atomic E-state index is 10.00. The number of benzene rings is 3. The fourth-order valence-electron chi connectivity index (χ4n) is 3.83. The first-order valence-corrected chi connectivity index (χ1v) is 11.8. The largest absolute Gasteiger partial charge is 0.494 e. The molecule has 3 aromatic carbocycles. The summed E-state index contributed by atoms with van der Waals surface area (Å²) in [7, 11) is 0. The van der Waals surface area contributed by atoms with Crippen LogP contribution in [0.3, 0.4) is 0 Å². The smallest absolute Gasteiger partial charge is 0.135 e. The van der Waals surface area contributed by atoms with E-state index in [1.165, 1.54) is 11.3 Å². The molecule has 0 spiro atoms. The minimum atomic E-state index is 0.512. The van der Waals surface area contributed by atoms with E-state index in [1.54, 1.807) is 0 Å². The van der Waals surface area contributed by atoms with Crippen molar-refractivity contribution in [3.05, 3.63) is 95.1 Å². The van der Waals surface area contributed by atoms with Crippen molar-refractivity contribution in [2.45, 2.75) is 13.8 Å². The number of nitriles is 1. The van der Waals surface area contributed by atoms with E-state index in [0.29, 0.717) is 17.2 Å². The van der Waals surface area contributed by atoms with Crippen molar-refractivity contribution >= 4 is 33.2 Å². The number of allylic oxidation sites excluding steroid dienone is 1. The topological polar surface area (TPSA) is 63.7 Å². The summed E-state index contributed by atoms with van der Waals surface area (Å²) in [6.45, 7) is 4.62. The molecule has 0 saturated heterocycles. The normalized spacial score (nSPS) is 11.5. The zero-order chi connectivity index (χ0) is 23.5. The first-order chi connectivity index (χ1) is 16.7. The van der Waals surface area contributed by atoms with Crippen LogP contribution in [0.15, 0.2) is 79.0 Å². The number of aryl methyl sites for hydroxylation is 1. The molecule has 5 rings (SSSR count). The molecule has 0 aliphatic heterocycles. The minimum Gasteiger partial charge on any atom is -0.494 e. The van der Waals surface area contributed by atoms with Gasteiger partial charge in [-0.05, 0) is 68.0 Å². The van der Waals surface area contributed by atoms with Crippen LogP contribution < -0.4 is 4.74 Å². The molecule has 166 valence electrons. The Kier molecular flexibility index (Phi) is 5.94. The van der Waals surface area contributed by atoms with Crippen LogP contribution >= 0.6 is 11.3 Å². The van der Waals surface area contributed by atoms with Crippen molar-refractivity contribution in [1.82, 2.24) is 14.8 Å². The van der Waals surface area contributed by atoms with E-state index in [0.717, 1.165) is 44.0 Å².